The number of benzene rings is 10. The lowest BCUT2D eigenvalue weighted by molar-refractivity contribution is 0.755. The lowest BCUT2D eigenvalue weighted by Gasteiger charge is -2.45. The highest BCUT2D eigenvalue weighted by atomic mass is 32.1. The van der Waals surface area contributed by atoms with Crippen molar-refractivity contribution in [1.82, 2.24) is 0 Å². The van der Waals surface area contributed by atoms with Crippen LogP contribution in [0.5, 0.6) is 0 Å². The summed E-state index contributed by atoms with van der Waals surface area (Å²) in [6.45, 7) is 0. The van der Waals surface area contributed by atoms with Gasteiger partial charge in [-0.05, 0) is 114 Å². The van der Waals surface area contributed by atoms with Crippen molar-refractivity contribution in [2.45, 2.75) is 11.8 Å². The van der Waals surface area contributed by atoms with Crippen LogP contribution in [0.25, 0.3) is 64.7 Å². The maximum atomic E-state index is 2.52. The Morgan fingerprint density at radius 3 is 1.33 bits per heavy atom. The second kappa shape index (κ2) is 14.9. The minimum atomic E-state index is 0.0841. The molecule has 1 aromatic heterocycles. The Morgan fingerprint density at radius 2 is 0.734 bits per heavy atom. The van der Waals surface area contributed by atoms with E-state index in [-0.39, 0.29) is 11.8 Å². The topological polar surface area (TPSA) is 3.24 Å². The van der Waals surface area contributed by atoms with E-state index in [1.165, 1.54) is 104 Å². The van der Waals surface area contributed by atoms with Gasteiger partial charge in [0.2, 0.25) is 0 Å². The first-order valence-electron chi connectivity index (χ1n) is 22.2. The van der Waals surface area contributed by atoms with Crippen LogP contribution >= 0.6 is 11.3 Å². The van der Waals surface area contributed by atoms with E-state index >= 15 is 0 Å². The van der Waals surface area contributed by atoms with E-state index in [9.17, 15) is 0 Å². The molecule has 11 aromatic rings. The van der Waals surface area contributed by atoms with E-state index in [0.717, 1.165) is 11.4 Å². The van der Waals surface area contributed by atoms with E-state index in [1.807, 2.05) is 11.3 Å². The fraction of sp³-hybridized carbons (Fsp3) is 0.0323. The molecule has 14 rings (SSSR count). The second-order valence-corrected chi connectivity index (χ2v) is 18.1. The summed E-state index contributed by atoms with van der Waals surface area (Å²) in [4.78, 5) is 2.52. The third kappa shape index (κ3) is 5.76. The first-order valence-corrected chi connectivity index (χ1v) is 23.1. The highest BCUT2D eigenvalue weighted by Crippen LogP contribution is 2.61. The van der Waals surface area contributed by atoms with Crippen LogP contribution < -0.4 is 4.90 Å². The maximum Gasteiger partial charge on any atom is 0.0506 e. The zero-order valence-electron chi connectivity index (χ0n) is 35.0. The zero-order chi connectivity index (χ0) is 42.1. The molecule has 10 aromatic carbocycles. The van der Waals surface area contributed by atoms with Gasteiger partial charge in [-0.15, -0.1) is 11.3 Å². The highest BCUT2D eigenvalue weighted by Gasteiger charge is 2.44. The molecule has 2 bridgehead atoms. The molecule has 0 N–H and O–H groups in total. The van der Waals surface area contributed by atoms with Crippen LogP contribution in [0.1, 0.15) is 45.2 Å². The molecule has 1 nitrogen and oxygen atoms in total. The Balaban J connectivity index is 1.02. The molecular formula is C62H41NS. The van der Waals surface area contributed by atoms with Crippen LogP contribution in [0.3, 0.4) is 0 Å². The van der Waals surface area contributed by atoms with Crippen LogP contribution in [0, 0.1) is 0 Å². The first kappa shape index (κ1) is 36.8. The molecule has 0 fully saturated rings. The summed E-state index contributed by atoms with van der Waals surface area (Å²) in [5.41, 5.74) is 21.9. The Hall–Kier alpha value is -7.78. The molecule has 2 heteroatoms. The Kier molecular flexibility index (Phi) is 8.60. The Morgan fingerprint density at radius 1 is 0.312 bits per heavy atom. The molecule has 0 spiro atoms. The van der Waals surface area contributed by atoms with Gasteiger partial charge in [-0.25, -0.2) is 0 Å². The number of rotatable bonds is 7. The van der Waals surface area contributed by atoms with E-state index < -0.39 is 0 Å². The monoisotopic (exact) mass is 831 g/mol. The molecule has 300 valence electrons. The average Bonchev–Trinajstić information content (AvgIpc) is 3.77. The van der Waals surface area contributed by atoms with Crippen molar-refractivity contribution in [2.75, 3.05) is 4.90 Å². The number of nitrogens with zero attached hydrogens (tertiary/aromatic N) is 1. The van der Waals surface area contributed by atoms with Crippen LogP contribution in [-0.4, -0.2) is 0 Å². The average molecular weight is 832 g/mol. The summed E-state index contributed by atoms with van der Waals surface area (Å²) in [7, 11) is 0. The lowest BCUT2D eigenvalue weighted by Crippen LogP contribution is -2.30. The van der Waals surface area contributed by atoms with Crippen molar-refractivity contribution in [1.29, 1.82) is 0 Å². The molecule has 0 radical (unpaired) electrons. The standard InChI is InChI=1S/C62H41NS/c1-4-16-40(17-5-1)41-28-32-45(33-29-41)63(46-34-30-44(31-35-46)49-37-36-47(42-18-6-2-7-19-42)59-54-26-14-15-27-56(54)64-62(49)59)55-39-38-48(43-20-8-3-9-21-43)60-57-50-22-10-12-24-52(50)58(61(55)60)53-25-13-11-23-51(53)57/h1-39,57-58H. The van der Waals surface area contributed by atoms with Gasteiger partial charge in [0.05, 0.1) is 5.69 Å². The molecule has 1 heterocycles. The third-order valence-corrected chi connectivity index (χ3v) is 14.9. The smallest absolute Gasteiger partial charge is 0.0506 e. The number of fused-ring (bicyclic) bond motifs is 3. The van der Waals surface area contributed by atoms with E-state index in [0.29, 0.717) is 0 Å². The zero-order valence-corrected chi connectivity index (χ0v) is 35.8. The van der Waals surface area contributed by atoms with Crippen molar-refractivity contribution in [2.24, 2.45) is 0 Å². The largest absolute Gasteiger partial charge is 0.310 e. The van der Waals surface area contributed by atoms with Crippen molar-refractivity contribution in [3.05, 3.63) is 270 Å². The molecule has 0 saturated heterocycles. The molecular weight excluding hydrogens is 791 g/mol. The molecule has 64 heavy (non-hydrogen) atoms. The molecule has 0 saturated carbocycles. The summed E-state index contributed by atoms with van der Waals surface area (Å²) >= 11 is 1.90. The Labute approximate surface area is 377 Å². The second-order valence-electron chi connectivity index (χ2n) is 17.1. The SMILES string of the molecule is c1ccc(-c2ccc(N(c3ccc(-c4ccc(-c5ccccc5)c5c4sc4ccccc45)cc3)c3ccc(-c4ccccc4)c4c3C3c5ccccc5C4c4ccccc43)cc2)cc1. The first-order chi connectivity index (χ1) is 31.8. The predicted molar refractivity (Wildman–Crippen MR) is 271 cm³/mol. The third-order valence-electron chi connectivity index (χ3n) is 13.7. The fourth-order valence-corrected chi connectivity index (χ4v) is 12.2. The van der Waals surface area contributed by atoms with Crippen LogP contribution in [0.2, 0.25) is 0 Å². The minimum absolute atomic E-state index is 0.0841. The number of hydrogen-bond acceptors (Lipinski definition) is 2. The number of anilines is 3. The molecule has 0 atom stereocenters. The summed E-state index contributed by atoms with van der Waals surface area (Å²) in [5, 5.41) is 2.64. The summed E-state index contributed by atoms with van der Waals surface area (Å²) in [6, 6.07) is 87.7. The van der Waals surface area contributed by atoms with Crippen molar-refractivity contribution in [3.63, 3.8) is 0 Å². The van der Waals surface area contributed by atoms with Gasteiger partial charge in [0.15, 0.2) is 0 Å². The number of hydrogen-bond donors (Lipinski definition) is 0. The fourth-order valence-electron chi connectivity index (χ4n) is 10.9. The summed E-state index contributed by atoms with van der Waals surface area (Å²) in [6.07, 6.45) is 0. The molecule has 3 aliphatic carbocycles. The predicted octanol–water partition coefficient (Wildman–Crippen LogP) is 17.2. The van der Waals surface area contributed by atoms with E-state index in [2.05, 4.69) is 241 Å². The normalized spacial score (nSPS) is 14.6. The van der Waals surface area contributed by atoms with Gasteiger partial charge in [-0.1, -0.05) is 200 Å². The summed E-state index contributed by atoms with van der Waals surface area (Å²) in [5.74, 6) is 0.204. The van der Waals surface area contributed by atoms with Gasteiger partial charge in [-0.2, -0.15) is 0 Å². The highest BCUT2D eigenvalue weighted by molar-refractivity contribution is 7.26. The number of thiophene rings is 1. The van der Waals surface area contributed by atoms with Gasteiger partial charge in [0, 0.05) is 43.4 Å². The van der Waals surface area contributed by atoms with Gasteiger partial charge < -0.3 is 4.90 Å². The van der Waals surface area contributed by atoms with E-state index in [4.69, 9.17) is 0 Å². The quantitative estimate of drug-likeness (QED) is 0.155. The van der Waals surface area contributed by atoms with Gasteiger partial charge in [0.25, 0.3) is 0 Å². The maximum absolute atomic E-state index is 2.52. The van der Waals surface area contributed by atoms with Crippen LogP contribution in [0.15, 0.2) is 237 Å². The van der Waals surface area contributed by atoms with Crippen molar-refractivity contribution >= 4 is 48.6 Å². The molecule has 0 aliphatic heterocycles. The molecule has 0 unspecified atom stereocenters. The van der Waals surface area contributed by atoms with Crippen molar-refractivity contribution < 1.29 is 0 Å². The summed E-state index contributed by atoms with van der Waals surface area (Å²) < 4.78 is 2.63. The van der Waals surface area contributed by atoms with Crippen LogP contribution in [-0.2, 0) is 0 Å². The van der Waals surface area contributed by atoms with Gasteiger partial charge >= 0.3 is 0 Å². The minimum Gasteiger partial charge on any atom is -0.310 e. The van der Waals surface area contributed by atoms with E-state index in [1.54, 1.807) is 0 Å². The molecule has 3 aliphatic rings. The van der Waals surface area contributed by atoms with Crippen molar-refractivity contribution in [3.8, 4) is 44.5 Å². The van der Waals surface area contributed by atoms with Gasteiger partial charge in [-0.3, -0.25) is 0 Å². The Bertz CT molecular complexity index is 3490. The van der Waals surface area contributed by atoms with Gasteiger partial charge in [0.1, 0.15) is 0 Å². The lowest BCUT2D eigenvalue weighted by atomic mass is 9.59. The molecule has 0 amide bonds. The van der Waals surface area contributed by atoms with Crippen LogP contribution in [0.4, 0.5) is 17.1 Å².